The number of aromatic nitrogens is 3. The van der Waals surface area contributed by atoms with Crippen molar-refractivity contribution in [2.45, 2.75) is 19.9 Å². The number of benzene rings is 2. The summed E-state index contributed by atoms with van der Waals surface area (Å²) in [6.07, 6.45) is 0. The molecule has 2 aromatic carbocycles. The van der Waals surface area contributed by atoms with Gasteiger partial charge in [0, 0.05) is 31.9 Å². The second kappa shape index (κ2) is 8.99. The van der Waals surface area contributed by atoms with Crippen molar-refractivity contribution in [1.82, 2.24) is 19.5 Å². The third-order valence-electron chi connectivity index (χ3n) is 5.93. The highest BCUT2D eigenvalue weighted by Gasteiger charge is 2.31. The summed E-state index contributed by atoms with van der Waals surface area (Å²) in [4.78, 5) is 10.6. The van der Waals surface area contributed by atoms with Gasteiger partial charge in [0.2, 0.25) is 10.8 Å². The third kappa shape index (κ3) is 4.26. The van der Waals surface area contributed by atoms with Crippen LogP contribution in [0.5, 0.6) is 11.6 Å². The van der Waals surface area contributed by atoms with E-state index >= 15 is 0 Å². The molecule has 5 rings (SSSR count). The van der Waals surface area contributed by atoms with E-state index in [4.69, 9.17) is 4.74 Å². The molecular weight excluding hydrogens is 441 g/mol. The van der Waals surface area contributed by atoms with Crippen molar-refractivity contribution in [3.05, 3.63) is 70.6 Å². The number of halogens is 1. The van der Waals surface area contributed by atoms with Crippen molar-refractivity contribution in [1.29, 1.82) is 0 Å². The summed E-state index contributed by atoms with van der Waals surface area (Å²) in [5.41, 5.74) is 2.09. The van der Waals surface area contributed by atoms with Gasteiger partial charge in [-0.15, -0.1) is 5.10 Å². The van der Waals surface area contributed by atoms with Crippen LogP contribution < -0.4 is 9.64 Å². The number of fused-ring (bicyclic) bond motifs is 1. The van der Waals surface area contributed by atoms with Gasteiger partial charge in [-0.2, -0.15) is 4.52 Å². The van der Waals surface area contributed by atoms with Crippen LogP contribution in [-0.4, -0.2) is 57.4 Å². The van der Waals surface area contributed by atoms with Gasteiger partial charge in [0.15, 0.2) is 0 Å². The Morgan fingerprint density at radius 1 is 1.06 bits per heavy atom. The first-order chi connectivity index (χ1) is 16.0. The van der Waals surface area contributed by atoms with Gasteiger partial charge in [-0.05, 0) is 55.8 Å². The Morgan fingerprint density at radius 2 is 1.76 bits per heavy atom. The van der Waals surface area contributed by atoms with Crippen LogP contribution in [0.15, 0.2) is 48.5 Å². The van der Waals surface area contributed by atoms with Crippen molar-refractivity contribution in [2.24, 2.45) is 0 Å². The summed E-state index contributed by atoms with van der Waals surface area (Å²) >= 11 is 1.47. The van der Waals surface area contributed by atoms with E-state index in [0.717, 1.165) is 48.1 Å². The zero-order chi connectivity index (χ0) is 22.9. The summed E-state index contributed by atoms with van der Waals surface area (Å²) in [5.74, 6) is 1.36. The molecule has 9 heteroatoms. The number of aryl methyl sites for hydroxylation is 1. The molecule has 0 spiro atoms. The number of anilines is 1. The molecule has 0 amide bonds. The predicted molar refractivity (Wildman–Crippen MR) is 127 cm³/mol. The normalized spacial score (nSPS) is 15.8. The third-order valence-corrected chi connectivity index (χ3v) is 7.00. The number of rotatable bonds is 6. The van der Waals surface area contributed by atoms with E-state index in [0.29, 0.717) is 17.4 Å². The molecule has 1 N–H and O–H groups in total. The van der Waals surface area contributed by atoms with Gasteiger partial charge in [-0.3, -0.25) is 4.90 Å². The Kier molecular flexibility index (Phi) is 5.90. The molecular formula is C24H26FN5O2S. The van der Waals surface area contributed by atoms with Gasteiger partial charge in [0.05, 0.1) is 17.5 Å². The maximum atomic E-state index is 13.3. The van der Waals surface area contributed by atoms with Crippen LogP contribution in [0.3, 0.4) is 0 Å². The van der Waals surface area contributed by atoms with Crippen molar-refractivity contribution in [3.8, 4) is 11.6 Å². The Bertz CT molecular complexity index is 1230. The van der Waals surface area contributed by atoms with Gasteiger partial charge in [-0.1, -0.05) is 23.5 Å². The lowest BCUT2D eigenvalue weighted by Crippen LogP contribution is -2.47. The van der Waals surface area contributed by atoms with E-state index in [1.807, 2.05) is 38.1 Å². The monoisotopic (exact) mass is 467 g/mol. The number of piperazine rings is 1. The van der Waals surface area contributed by atoms with Crippen LogP contribution in [0.4, 0.5) is 10.1 Å². The maximum absolute atomic E-state index is 13.3. The van der Waals surface area contributed by atoms with Gasteiger partial charge in [0.1, 0.15) is 17.4 Å². The summed E-state index contributed by atoms with van der Waals surface area (Å²) in [6, 6.07) is 14.6. The van der Waals surface area contributed by atoms with E-state index in [1.165, 1.54) is 28.0 Å². The summed E-state index contributed by atoms with van der Waals surface area (Å²) in [5, 5.41) is 15.4. The Balaban J connectivity index is 1.45. The van der Waals surface area contributed by atoms with Crippen molar-refractivity contribution in [2.75, 3.05) is 37.7 Å². The topological polar surface area (TPSA) is 66.1 Å². The standard InChI is InChI=1S/C24H26FN5O2S/c1-3-32-20-10-4-17(5-11-20)21(22-23(31)30-24(33-22)26-16(2)27-30)29-14-12-28(13-15-29)19-8-6-18(25)7-9-19/h4-11,21,31H,3,12-15H2,1-2H3. The number of nitrogens with zero attached hydrogens (tertiary/aromatic N) is 5. The first-order valence-electron chi connectivity index (χ1n) is 11.1. The lowest BCUT2D eigenvalue weighted by molar-refractivity contribution is 0.211. The van der Waals surface area contributed by atoms with Crippen molar-refractivity contribution < 1.29 is 14.2 Å². The van der Waals surface area contributed by atoms with E-state index in [9.17, 15) is 9.50 Å². The molecule has 4 aromatic rings. The minimum Gasteiger partial charge on any atom is -0.494 e. The lowest BCUT2D eigenvalue weighted by Gasteiger charge is -2.40. The Labute approximate surface area is 195 Å². The minimum atomic E-state index is -0.227. The zero-order valence-electron chi connectivity index (χ0n) is 18.6. The fourth-order valence-electron chi connectivity index (χ4n) is 4.36. The average molecular weight is 468 g/mol. The summed E-state index contributed by atoms with van der Waals surface area (Å²) in [6.45, 7) is 7.59. The molecule has 1 unspecified atom stereocenters. The van der Waals surface area contributed by atoms with Crippen LogP contribution in [0.1, 0.15) is 29.2 Å². The predicted octanol–water partition coefficient (Wildman–Crippen LogP) is 4.25. The highest BCUT2D eigenvalue weighted by Crippen LogP contribution is 2.40. The van der Waals surface area contributed by atoms with Gasteiger partial charge in [0.25, 0.3) is 0 Å². The van der Waals surface area contributed by atoms with Crippen molar-refractivity contribution >= 4 is 22.0 Å². The fourth-order valence-corrected chi connectivity index (χ4v) is 5.52. The van der Waals surface area contributed by atoms with E-state index in [1.54, 1.807) is 0 Å². The largest absolute Gasteiger partial charge is 0.494 e. The van der Waals surface area contributed by atoms with Crippen molar-refractivity contribution in [3.63, 3.8) is 0 Å². The Morgan fingerprint density at radius 3 is 2.39 bits per heavy atom. The summed E-state index contributed by atoms with van der Waals surface area (Å²) in [7, 11) is 0. The molecule has 0 aliphatic carbocycles. The molecule has 1 aliphatic heterocycles. The molecule has 2 aromatic heterocycles. The summed E-state index contributed by atoms with van der Waals surface area (Å²) < 4.78 is 20.5. The number of hydrogen-bond donors (Lipinski definition) is 1. The lowest BCUT2D eigenvalue weighted by atomic mass is 10.0. The first-order valence-corrected chi connectivity index (χ1v) is 11.9. The second-order valence-electron chi connectivity index (χ2n) is 8.05. The first kappa shape index (κ1) is 21.7. The molecule has 1 atom stereocenters. The zero-order valence-corrected chi connectivity index (χ0v) is 19.4. The average Bonchev–Trinajstić information content (AvgIpc) is 3.33. The van der Waals surface area contributed by atoms with Crippen LogP contribution in [0.2, 0.25) is 0 Å². The highest BCUT2D eigenvalue weighted by molar-refractivity contribution is 7.17. The number of thiazole rings is 1. The molecule has 0 saturated carbocycles. The number of hydrogen-bond acceptors (Lipinski definition) is 7. The van der Waals surface area contributed by atoms with E-state index < -0.39 is 0 Å². The number of aromatic hydroxyl groups is 1. The molecule has 1 fully saturated rings. The molecule has 1 saturated heterocycles. The Hall–Kier alpha value is -3.17. The molecule has 7 nitrogen and oxygen atoms in total. The molecule has 33 heavy (non-hydrogen) atoms. The molecule has 1 aliphatic rings. The molecule has 0 bridgehead atoms. The van der Waals surface area contributed by atoms with Crippen LogP contribution in [0, 0.1) is 12.7 Å². The fraction of sp³-hybridized carbons (Fsp3) is 0.333. The molecule has 172 valence electrons. The number of ether oxygens (including phenoxy) is 1. The van der Waals surface area contributed by atoms with Gasteiger partial charge in [-0.25, -0.2) is 9.37 Å². The quantitative estimate of drug-likeness (QED) is 0.457. The molecule has 0 radical (unpaired) electrons. The molecule has 3 heterocycles. The van der Waals surface area contributed by atoms with Crippen LogP contribution >= 0.6 is 11.3 Å². The van der Waals surface area contributed by atoms with E-state index in [2.05, 4.69) is 32.0 Å². The SMILES string of the molecule is CCOc1ccc(C(c2sc3nc(C)nn3c2O)N2CCN(c3ccc(F)cc3)CC2)cc1. The van der Waals surface area contributed by atoms with Gasteiger partial charge >= 0.3 is 0 Å². The maximum Gasteiger partial charge on any atom is 0.230 e. The minimum absolute atomic E-state index is 0.134. The van der Waals surface area contributed by atoms with E-state index in [-0.39, 0.29) is 17.7 Å². The highest BCUT2D eigenvalue weighted by atomic mass is 32.1. The van der Waals surface area contributed by atoms with Crippen LogP contribution in [-0.2, 0) is 0 Å². The second-order valence-corrected chi connectivity index (χ2v) is 9.06. The van der Waals surface area contributed by atoms with Gasteiger partial charge < -0.3 is 14.7 Å². The smallest absolute Gasteiger partial charge is 0.230 e. The van der Waals surface area contributed by atoms with Crippen LogP contribution in [0.25, 0.3) is 4.96 Å².